The van der Waals surface area contributed by atoms with E-state index in [-0.39, 0.29) is 18.1 Å². The van der Waals surface area contributed by atoms with Gasteiger partial charge in [0, 0.05) is 24.5 Å². The molecule has 4 heterocycles. The van der Waals surface area contributed by atoms with E-state index in [1.807, 2.05) is 19.2 Å². The third kappa shape index (κ3) is 3.19. The number of esters is 1. The van der Waals surface area contributed by atoms with Crippen molar-refractivity contribution in [1.29, 1.82) is 0 Å². The minimum absolute atomic E-state index is 0.00364. The van der Waals surface area contributed by atoms with E-state index in [9.17, 15) is 4.79 Å². The zero-order valence-corrected chi connectivity index (χ0v) is 21.9. The molecular formula is C27H30ClN7O2. The van der Waals surface area contributed by atoms with Crippen molar-refractivity contribution >= 4 is 45.5 Å². The molecule has 4 aromatic rings. The Morgan fingerprint density at radius 3 is 2.95 bits per heavy atom. The highest BCUT2D eigenvalue weighted by Gasteiger charge is 2.71. The normalized spacial score (nSPS) is 28.1. The molecule has 5 atom stereocenters. The first-order valence-corrected chi connectivity index (χ1v) is 13.6. The number of anilines is 1. The van der Waals surface area contributed by atoms with E-state index in [1.165, 1.54) is 6.42 Å². The molecule has 37 heavy (non-hydrogen) atoms. The van der Waals surface area contributed by atoms with Gasteiger partial charge in [-0.25, -0.2) is 15.0 Å². The van der Waals surface area contributed by atoms with Gasteiger partial charge in [-0.3, -0.25) is 9.89 Å². The molecule has 0 saturated heterocycles. The number of nitrogens with one attached hydrogen (secondary N) is 2. The first-order valence-electron chi connectivity index (χ1n) is 13.2. The number of nitrogens with zero attached hydrogens (tertiary/aromatic N) is 5. The van der Waals surface area contributed by atoms with Crippen LogP contribution in [0, 0.1) is 23.2 Å². The molecule has 192 valence electrons. The zero-order valence-electron chi connectivity index (χ0n) is 21.2. The fourth-order valence-corrected chi connectivity index (χ4v) is 7.62. The number of aromatic amines is 1. The highest BCUT2D eigenvalue weighted by molar-refractivity contribution is 6.31. The number of carbonyl (C=O) groups excluding carboxylic acids is 1. The molecular weight excluding hydrogens is 490 g/mol. The summed E-state index contributed by atoms with van der Waals surface area (Å²) in [5, 5.41) is 13.4. The number of fused-ring (bicyclic) bond motifs is 3. The lowest BCUT2D eigenvalue weighted by molar-refractivity contribution is -0.207. The molecule has 0 aliphatic heterocycles. The number of carbonyl (C=O) groups is 1. The molecule has 4 bridgehead atoms. The predicted molar refractivity (Wildman–Crippen MR) is 141 cm³/mol. The van der Waals surface area contributed by atoms with Gasteiger partial charge in [0.1, 0.15) is 17.2 Å². The summed E-state index contributed by atoms with van der Waals surface area (Å²) in [6.45, 7) is 6.55. The number of aromatic nitrogens is 6. The van der Waals surface area contributed by atoms with Gasteiger partial charge in [0.05, 0.1) is 27.8 Å². The average molecular weight is 520 g/mol. The smallest absolute Gasteiger partial charge is 0.314 e. The highest BCUT2D eigenvalue weighted by atomic mass is 35.5. The van der Waals surface area contributed by atoms with Crippen LogP contribution in [0.1, 0.15) is 52.5 Å². The van der Waals surface area contributed by atoms with Gasteiger partial charge in [0.25, 0.3) is 0 Å². The van der Waals surface area contributed by atoms with Crippen LogP contribution in [0.25, 0.3) is 33.6 Å². The summed E-state index contributed by atoms with van der Waals surface area (Å²) in [6, 6.07) is 4.10. The molecule has 3 unspecified atom stereocenters. The molecule has 0 radical (unpaired) electrons. The maximum absolute atomic E-state index is 13.4. The van der Waals surface area contributed by atoms with Gasteiger partial charge in [0.2, 0.25) is 0 Å². The van der Waals surface area contributed by atoms with Crippen molar-refractivity contribution in [3.8, 4) is 11.5 Å². The van der Waals surface area contributed by atoms with Crippen molar-refractivity contribution in [2.24, 2.45) is 23.2 Å². The van der Waals surface area contributed by atoms with Crippen LogP contribution >= 0.6 is 11.6 Å². The van der Waals surface area contributed by atoms with Crippen molar-refractivity contribution in [3.63, 3.8) is 0 Å². The summed E-state index contributed by atoms with van der Waals surface area (Å²) in [5.74, 6) is 2.64. The molecule has 0 amide bonds. The van der Waals surface area contributed by atoms with Gasteiger partial charge in [-0.15, -0.1) is 0 Å². The predicted octanol–water partition coefficient (Wildman–Crippen LogP) is 5.38. The molecule has 8 rings (SSSR count). The fraction of sp³-hybridized carbons (Fsp3) is 0.519. The second kappa shape index (κ2) is 8.15. The lowest BCUT2D eigenvalue weighted by Crippen LogP contribution is -2.73. The minimum Gasteiger partial charge on any atom is -0.465 e. The molecule has 4 fully saturated rings. The summed E-state index contributed by atoms with van der Waals surface area (Å²) in [4.78, 5) is 27.7. The molecule has 4 aliphatic carbocycles. The van der Waals surface area contributed by atoms with E-state index in [4.69, 9.17) is 26.3 Å². The Balaban J connectivity index is 1.36. The summed E-state index contributed by atoms with van der Waals surface area (Å²) < 4.78 is 7.80. The van der Waals surface area contributed by atoms with Crippen LogP contribution in [0.4, 0.5) is 5.82 Å². The van der Waals surface area contributed by atoms with Gasteiger partial charge < -0.3 is 14.6 Å². The average Bonchev–Trinajstić information content (AvgIpc) is 3.51. The van der Waals surface area contributed by atoms with Crippen LogP contribution in [0.15, 0.2) is 24.5 Å². The summed E-state index contributed by atoms with van der Waals surface area (Å²) >= 11 is 6.26. The molecule has 4 aliphatic rings. The maximum Gasteiger partial charge on any atom is 0.314 e. The quantitative estimate of drug-likeness (QED) is 0.329. The monoisotopic (exact) mass is 519 g/mol. The number of hydrogen-bond acceptors (Lipinski definition) is 7. The SMILES string of the molecule is CCOC(=O)[C@@]12CC3CCC1C(C3)[C@@H]2Nc1nc(-c2[nH]nc3ncc(Cl)cc23)nc2c1ccn2C(C)C. The van der Waals surface area contributed by atoms with E-state index in [1.54, 1.807) is 6.20 Å². The van der Waals surface area contributed by atoms with E-state index >= 15 is 0 Å². The van der Waals surface area contributed by atoms with Crippen molar-refractivity contribution in [2.75, 3.05) is 11.9 Å². The van der Waals surface area contributed by atoms with Gasteiger partial charge in [-0.05, 0) is 69.9 Å². The maximum atomic E-state index is 13.4. The van der Waals surface area contributed by atoms with Gasteiger partial charge in [-0.2, -0.15) is 5.10 Å². The fourth-order valence-electron chi connectivity index (χ4n) is 7.47. The first kappa shape index (κ1) is 23.0. The van der Waals surface area contributed by atoms with Crippen molar-refractivity contribution < 1.29 is 9.53 Å². The van der Waals surface area contributed by atoms with Crippen molar-refractivity contribution in [2.45, 2.75) is 58.5 Å². The second-order valence-electron chi connectivity index (χ2n) is 11.1. The number of halogens is 1. The van der Waals surface area contributed by atoms with Crippen molar-refractivity contribution in [1.82, 2.24) is 29.7 Å². The third-order valence-corrected chi connectivity index (χ3v) is 9.16. The van der Waals surface area contributed by atoms with Gasteiger partial charge in [-0.1, -0.05) is 18.0 Å². The lowest BCUT2D eigenvalue weighted by Gasteiger charge is -2.68. The van der Waals surface area contributed by atoms with Crippen LogP contribution in [0.3, 0.4) is 0 Å². The van der Waals surface area contributed by atoms with Gasteiger partial charge >= 0.3 is 5.97 Å². The number of rotatable bonds is 6. The Labute approximate surface area is 219 Å². The molecule has 9 nitrogen and oxygen atoms in total. The van der Waals surface area contributed by atoms with Crippen LogP contribution < -0.4 is 5.32 Å². The number of pyridine rings is 1. The Bertz CT molecular complexity index is 1540. The van der Waals surface area contributed by atoms with Crippen molar-refractivity contribution in [3.05, 3.63) is 29.5 Å². The summed E-state index contributed by atoms with van der Waals surface area (Å²) in [6.07, 6.45) is 8.01. The number of ether oxygens (including phenoxy) is 1. The van der Waals surface area contributed by atoms with Crippen LogP contribution in [-0.4, -0.2) is 48.3 Å². The summed E-state index contributed by atoms with van der Waals surface area (Å²) in [5.41, 5.74) is 1.58. The van der Waals surface area contributed by atoms with E-state index in [0.29, 0.717) is 46.5 Å². The Morgan fingerprint density at radius 2 is 2.19 bits per heavy atom. The van der Waals surface area contributed by atoms with Gasteiger partial charge in [0.15, 0.2) is 11.5 Å². The molecule has 2 N–H and O–H groups in total. The highest BCUT2D eigenvalue weighted by Crippen LogP contribution is 2.68. The second-order valence-corrected chi connectivity index (χ2v) is 11.5. The molecule has 0 aromatic carbocycles. The van der Waals surface area contributed by atoms with Crippen LogP contribution in [0.2, 0.25) is 5.02 Å². The summed E-state index contributed by atoms with van der Waals surface area (Å²) in [7, 11) is 0. The van der Waals surface area contributed by atoms with Crippen LogP contribution in [0.5, 0.6) is 0 Å². The third-order valence-electron chi connectivity index (χ3n) is 8.96. The largest absolute Gasteiger partial charge is 0.465 e. The topological polar surface area (TPSA) is 111 Å². The molecule has 4 aromatic heterocycles. The first-order chi connectivity index (χ1) is 17.9. The van der Waals surface area contributed by atoms with E-state index < -0.39 is 5.41 Å². The minimum atomic E-state index is -0.474. The van der Waals surface area contributed by atoms with Crippen LogP contribution in [-0.2, 0) is 9.53 Å². The van der Waals surface area contributed by atoms with E-state index in [2.05, 4.69) is 45.0 Å². The lowest BCUT2D eigenvalue weighted by atomic mass is 9.37. The van der Waals surface area contributed by atoms with E-state index in [0.717, 1.165) is 41.5 Å². The molecule has 10 heteroatoms. The standard InChI is InChI=1S/C27H30ClN7O2/c1-4-37-26(36)27-11-14-5-6-19(27)17(9-14)21(27)30-23-16-7-8-35(13(2)3)25(16)32-24(31-23)20-18-10-15(28)12-29-22(18)34-33-20/h7-8,10,12-14,17,19,21H,4-6,9,11H2,1-3H3,(H,29,33,34)(H,30,31,32)/t14?,17?,19?,21-,27-/m0/s1. The number of hydrogen-bond donors (Lipinski definition) is 2. The molecule has 0 spiro atoms. The Hall–Kier alpha value is -3.20. The zero-order chi connectivity index (χ0) is 25.5. The molecule has 4 saturated carbocycles. The number of H-pyrrole nitrogens is 1. The Morgan fingerprint density at radius 1 is 1.32 bits per heavy atom. The Kier molecular flexibility index (Phi) is 5.06.